The third kappa shape index (κ3) is 5.11. The van der Waals surface area contributed by atoms with Gasteiger partial charge in [0, 0.05) is 45.0 Å². The molecule has 176 valence electrons. The van der Waals surface area contributed by atoms with Gasteiger partial charge in [0.1, 0.15) is 12.4 Å². The van der Waals surface area contributed by atoms with Crippen LogP contribution in [0.4, 0.5) is 4.79 Å². The Balaban J connectivity index is 1.41. The molecule has 12 heteroatoms. The fraction of sp³-hybridized carbons (Fsp3) is 0.476. The van der Waals surface area contributed by atoms with E-state index in [1.54, 1.807) is 35.9 Å². The number of carboxylic acid groups (broad SMARTS) is 1. The summed E-state index contributed by atoms with van der Waals surface area (Å²) >= 11 is 0. The Morgan fingerprint density at radius 3 is 2.52 bits per heavy atom. The molecule has 2 N–H and O–H groups in total. The molecular formula is C21H26N6O5S. The number of piperazine rings is 1. The number of nitrogens with zero attached hydrogens (tertiary/aromatic N) is 5. The highest BCUT2D eigenvalue weighted by Gasteiger charge is 2.45. The Morgan fingerprint density at radius 1 is 1.30 bits per heavy atom. The summed E-state index contributed by atoms with van der Waals surface area (Å²) in [4.78, 5) is 17.5. The lowest BCUT2D eigenvalue weighted by atomic mass is 10.1. The average Bonchev–Trinajstić information content (AvgIpc) is 3.31. The Bertz CT molecular complexity index is 1130. The minimum absolute atomic E-state index is 0.00440. The van der Waals surface area contributed by atoms with Crippen molar-refractivity contribution in [3.8, 4) is 11.8 Å². The van der Waals surface area contributed by atoms with E-state index in [0.29, 0.717) is 30.9 Å². The molecule has 11 nitrogen and oxygen atoms in total. The molecule has 2 aliphatic heterocycles. The molecule has 33 heavy (non-hydrogen) atoms. The maximum Gasteiger partial charge on any atom is 0.405 e. The number of benzene rings is 1. The van der Waals surface area contributed by atoms with Crippen molar-refractivity contribution in [2.24, 2.45) is 7.05 Å². The van der Waals surface area contributed by atoms with Crippen molar-refractivity contribution in [2.45, 2.75) is 36.0 Å². The zero-order valence-corrected chi connectivity index (χ0v) is 19.0. The van der Waals surface area contributed by atoms with Gasteiger partial charge in [0.05, 0.1) is 24.0 Å². The number of rotatable bonds is 8. The van der Waals surface area contributed by atoms with Crippen molar-refractivity contribution >= 4 is 16.1 Å². The second-order valence-electron chi connectivity index (χ2n) is 8.37. The molecule has 2 aromatic rings. The first-order chi connectivity index (χ1) is 15.8. The van der Waals surface area contributed by atoms with E-state index in [2.05, 4.69) is 15.2 Å². The molecule has 2 bridgehead atoms. The van der Waals surface area contributed by atoms with E-state index in [-0.39, 0.29) is 23.7 Å². The van der Waals surface area contributed by atoms with Crippen LogP contribution in [-0.2, 0) is 17.1 Å². The van der Waals surface area contributed by atoms with Gasteiger partial charge in [-0.15, -0.1) is 0 Å². The molecule has 3 heterocycles. The highest BCUT2D eigenvalue weighted by Crippen LogP contribution is 2.32. The van der Waals surface area contributed by atoms with Crippen molar-refractivity contribution in [3.63, 3.8) is 0 Å². The number of ether oxygens (including phenoxy) is 1. The second-order valence-corrected chi connectivity index (χ2v) is 10.3. The van der Waals surface area contributed by atoms with Crippen LogP contribution in [0.5, 0.6) is 5.75 Å². The van der Waals surface area contributed by atoms with Gasteiger partial charge in [-0.1, -0.05) is 0 Å². The van der Waals surface area contributed by atoms with E-state index >= 15 is 0 Å². The normalized spacial score (nSPS) is 21.9. The number of imidazole rings is 1. The number of hydrogen-bond donors (Lipinski definition) is 2. The summed E-state index contributed by atoms with van der Waals surface area (Å²) in [5, 5.41) is 20.7. The molecule has 0 aliphatic carbocycles. The van der Waals surface area contributed by atoms with Gasteiger partial charge in [-0.05, 0) is 37.1 Å². The molecule has 2 unspecified atom stereocenters. The monoisotopic (exact) mass is 474 g/mol. The van der Waals surface area contributed by atoms with E-state index in [1.807, 2.05) is 6.07 Å². The van der Waals surface area contributed by atoms with Gasteiger partial charge in [-0.2, -0.15) is 9.57 Å². The molecule has 3 atom stereocenters. The lowest BCUT2D eigenvalue weighted by Crippen LogP contribution is -2.59. The summed E-state index contributed by atoms with van der Waals surface area (Å²) in [5.41, 5.74) is 0.512. The Morgan fingerprint density at radius 2 is 1.97 bits per heavy atom. The first kappa shape index (κ1) is 23.0. The largest absolute Gasteiger partial charge is 0.491 e. The van der Waals surface area contributed by atoms with E-state index in [1.165, 1.54) is 16.8 Å². The van der Waals surface area contributed by atoms with E-state index in [4.69, 9.17) is 10.00 Å². The van der Waals surface area contributed by atoms with Crippen LogP contribution in [0.25, 0.3) is 0 Å². The lowest BCUT2D eigenvalue weighted by molar-refractivity contribution is 0.0874. The van der Waals surface area contributed by atoms with Gasteiger partial charge in [0.2, 0.25) is 0 Å². The van der Waals surface area contributed by atoms with Crippen LogP contribution in [0.15, 0.2) is 41.8 Å². The molecule has 0 radical (unpaired) electrons. The number of nitriles is 1. The van der Waals surface area contributed by atoms with Crippen LogP contribution in [0.1, 0.15) is 18.4 Å². The minimum atomic E-state index is -3.67. The highest BCUT2D eigenvalue weighted by molar-refractivity contribution is 7.89. The Hall–Kier alpha value is -3.14. The van der Waals surface area contributed by atoms with Gasteiger partial charge < -0.3 is 19.7 Å². The highest BCUT2D eigenvalue weighted by atomic mass is 32.2. The SMILES string of the molecule is Cn1cnc(S(=O)(=O)N2CC3CCC(C2)N3C[C@@H](COc2ccc(C#N)cc2)NC(=O)O)c1. The number of fused-ring (bicyclic) bond motifs is 2. The summed E-state index contributed by atoms with van der Waals surface area (Å²) in [6, 6.07) is 8.14. The quantitative estimate of drug-likeness (QED) is 0.574. The molecule has 1 aromatic carbocycles. The molecule has 2 fully saturated rings. The minimum Gasteiger partial charge on any atom is -0.491 e. The molecule has 0 spiro atoms. The topological polar surface area (TPSA) is 141 Å². The van der Waals surface area contributed by atoms with Crippen molar-refractivity contribution < 1.29 is 23.1 Å². The number of amides is 1. The Kier molecular flexibility index (Phi) is 6.55. The standard InChI is InChI=1S/C21H26N6O5S/c1-25-12-20(23-14-25)33(30,31)26-10-17-4-5-18(11-26)27(17)9-16(24-21(28)29)13-32-19-6-2-15(8-22)3-7-19/h2-3,6-7,12,14,16-18,24H,4-5,9-11,13H2,1H3,(H,28,29)/t16-,17?,18?/m0/s1. The van der Waals surface area contributed by atoms with Crippen molar-refractivity contribution in [1.29, 1.82) is 5.26 Å². The van der Waals surface area contributed by atoms with Crippen molar-refractivity contribution in [2.75, 3.05) is 26.2 Å². The summed E-state index contributed by atoms with van der Waals surface area (Å²) in [5.74, 6) is 0.542. The molecule has 2 aliphatic rings. The van der Waals surface area contributed by atoms with Gasteiger partial charge in [-0.3, -0.25) is 4.90 Å². The maximum atomic E-state index is 13.0. The summed E-state index contributed by atoms with van der Waals surface area (Å²) in [7, 11) is -1.95. The lowest BCUT2D eigenvalue weighted by Gasteiger charge is -2.41. The van der Waals surface area contributed by atoms with Crippen LogP contribution in [0, 0.1) is 11.3 Å². The van der Waals surface area contributed by atoms with Crippen LogP contribution >= 0.6 is 0 Å². The predicted octanol–water partition coefficient (Wildman–Crippen LogP) is 0.844. The first-order valence-corrected chi connectivity index (χ1v) is 12.1. The summed E-state index contributed by atoms with van der Waals surface area (Å²) in [6.07, 6.45) is 3.50. The Labute approximate surface area is 192 Å². The maximum absolute atomic E-state index is 13.0. The van der Waals surface area contributed by atoms with Gasteiger partial charge in [-0.25, -0.2) is 18.2 Å². The van der Waals surface area contributed by atoms with Crippen molar-refractivity contribution in [3.05, 3.63) is 42.4 Å². The first-order valence-electron chi connectivity index (χ1n) is 10.6. The van der Waals surface area contributed by atoms with Gasteiger partial charge >= 0.3 is 6.09 Å². The van der Waals surface area contributed by atoms with Gasteiger partial charge in [0.15, 0.2) is 5.03 Å². The van der Waals surface area contributed by atoms with Crippen molar-refractivity contribution in [1.82, 2.24) is 24.1 Å². The second kappa shape index (κ2) is 9.38. The van der Waals surface area contributed by atoms with E-state index in [9.17, 15) is 18.3 Å². The number of aryl methyl sites for hydroxylation is 1. The van der Waals surface area contributed by atoms with Crippen LogP contribution in [-0.4, -0.2) is 82.7 Å². The number of hydrogen-bond acceptors (Lipinski definition) is 7. The van der Waals surface area contributed by atoms with Crippen LogP contribution in [0.3, 0.4) is 0 Å². The van der Waals surface area contributed by atoms with Gasteiger partial charge in [0.25, 0.3) is 10.0 Å². The molecule has 0 saturated carbocycles. The molecule has 1 aromatic heterocycles. The fourth-order valence-corrected chi connectivity index (χ4v) is 5.97. The van der Waals surface area contributed by atoms with E-state index in [0.717, 1.165) is 12.8 Å². The summed E-state index contributed by atoms with van der Waals surface area (Å²) in [6.45, 7) is 1.21. The molecule has 2 saturated heterocycles. The number of nitrogens with one attached hydrogen (secondary N) is 1. The molecule has 4 rings (SSSR count). The number of carbonyl (C=O) groups is 1. The fourth-order valence-electron chi connectivity index (χ4n) is 4.49. The third-order valence-corrected chi connectivity index (χ3v) is 7.80. The number of sulfonamides is 1. The number of aromatic nitrogens is 2. The zero-order valence-electron chi connectivity index (χ0n) is 18.2. The average molecular weight is 475 g/mol. The smallest absolute Gasteiger partial charge is 0.405 e. The molecular weight excluding hydrogens is 448 g/mol. The predicted molar refractivity (Wildman–Crippen MR) is 117 cm³/mol. The zero-order chi connectivity index (χ0) is 23.6. The van der Waals surface area contributed by atoms with Crippen LogP contribution in [0.2, 0.25) is 0 Å². The summed E-state index contributed by atoms with van der Waals surface area (Å²) < 4.78 is 34.9. The third-order valence-electron chi connectivity index (χ3n) is 6.08. The van der Waals surface area contributed by atoms with E-state index < -0.39 is 22.2 Å². The van der Waals surface area contributed by atoms with Crippen LogP contribution < -0.4 is 10.1 Å². The molecule has 1 amide bonds.